The Morgan fingerprint density at radius 1 is 1.07 bits per heavy atom. The van der Waals surface area contributed by atoms with E-state index in [-0.39, 0.29) is 11.3 Å². The van der Waals surface area contributed by atoms with Crippen molar-refractivity contribution in [3.8, 4) is 17.1 Å². The van der Waals surface area contributed by atoms with Gasteiger partial charge in [-0.1, -0.05) is 24.3 Å². The number of carbonyl (C=O) groups excluding carboxylic acids is 1. The van der Waals surface area contributed by atoms with Crippen LogP contribution in [0.4, 0.5) is 10.1 Å². The lowest BCUT2D eigenvalue weighted by Gasteiger charge is -2.10. The zero-order valence-corrected chi connectivity index (χ0v) is 14.3. The van der Waals surface area contributed by atoms with Crippen molar-refractivity contribution >= 4 is 17.2 Å². The first-order chi connectivity index (χ1) is 13.1. The Balaban J connectivity index is 1.78. The van der Waals surface area contributed by atoms with Crippen molar-refractivity contribution in [2.75, 3.05) is 5.32 Å². The standard InChI is InChI=1S/C20H15FN4O2/c1-12-6-4-10-16(26)17(12)22-20(27)14-8-5-11-25-18(23-24-19(14)25)13-7-2-3-9-15(13)21/h2-11,26H,1H3,(H,22,27). The van der Waals surface area contributed by atoms with E-state index < -0.39 is 11.7 Å². The number of phenolic OH excluding ortho intramolecular Hbond substituents is 1. The third kappa shape index (κ3) is 2.89. The third-order valence-corrected chi connectivity index (χ3v) is 4.28. The predicted octanol–water partition coefficient (Wildman–Crippen LogP) is 3.80. The van der Waals surface area contributed by atoms with Gasteiger partial charge in [0.15, 0.2) is 11.5 Å². The minimum Gasteiger partial charge on any atom is -0.506 e. The zero-order valence-electron chi connectivity index (χ0n) is 14.3. The maximum Gasteiger partial charge on any atom is 0.259 e. The van der Waals surface area contributed by atoms with Crippen LogP contribution in [0.5, 0.6) is 5.75 Å². The van der Waals surface area contributed by atoms with Gasteiger partial charge in [-0.15, -0.1) is 10.2 Å². The first-order valence-electron chi connectivity index (χ1n) is 8.25. The lowest BCUT2D eigenvalue weighted by molar-refractivity contribution is 0.102. The Labute approximate surface area is 153 Å². The van der Waals surface area contributed by atoms with Gasteiger partial charge in [0.1, 0.15) is 11.6 Å². The fourth-order valence-corrected chi connectivity index (χ4v) is 2.92. The first-order valence-corrected chi connectivity index (χ1v) is 8.25. The first kappa shape index (κ1) is 16.7. The highest BCUT2D eigenvalue weighted by Crippen LogP contribution is 2.28. The third-order valence-electron chi connectivity index (χ3n) is 4.28. The summed E-state index contributed by atoms with van der Waals surface area (Å²) in [6.07, 6.45) is 1.67. The van der Waals surface area contributed by atoms with E-state index in [9.17, 15) is 14.3 Å². The van der Waals surface area contributed by atoms with Gasteiger partial charge in [0.25, 0.3) is 5.91 Å². The van der Waals surface area contributed by atoms with Crippen LogP contribution in [0.2, 0.25) is 0 Å². The van der Waals surface area contributed by atoms with Crippen LogP contribution in [0.3, 0.4) is 0 Å². The van der Waals surface area contributed by atoms with Crippen LogP contribution in [0.1, 0.15) is 15.9 Å². The van der Waals surface area contributed by atoms with Crippen LogP contribution in [0.25, 0.3) is 17.0 Å². The Morgan fingerprint density at radius 3 is 2.67 bits per heavy atom. The molecule has 0 fully saturated rings. The molecular formula is C20H15FN4O2. The van der Waals surface area contributed by atoms with Gasteiger partial charge >= 0.3 is 0 Å². The Hall–Kier alpha value is -3.74. The summed E-state index contributed by atoms with van der Waals surface area (Å²) in [5.74, 6) is -0.593. The van der Waals surface area contributed by atoms with Gasteiger partial charge < -0.3 is 10.4 Å². The number of hydrogen-bond donors (Lipinski definition) is 2. The van der Waals surface area contributed by atoms with E-state index in [0.29, 0.717) is 22.7 Å². The fourth-order valence-electron chi connectivity index (χ4n) is 2.92. The molecule has 134 valence electrons. The highest BCUT2D eigenvalue weighted by molar-refractivity contribution is 6.09. The van der Waals surface area contributed by atoms with E-state index in [1.807, 2.05) is 0 Å². The fraction of sp³-hybridized carbons (Fsp3) is 0.0500. The van der Waals surface area contributed by atoms with Crippen molar-refractivity contribution < 1.29 is 14.3 Å². The average molecular weight is 362 g/mol. The van der Waals surface area contributed by atoms with E-state index >= 15 is 0 Å². The molecule has 0 unspecified atom stereocenters. The number of nitrogens with zero attached hydrogens (tertiary/aromatic N) is 3. The van der Waals surface area contributed by atoms with Gasteiger partial charge in [0.2, 0.25) is 0 Å². The number of aromatic nitrogens is 3. The van der Waals surface area contributed by atoms with Crippen LogP contribution in [-0.2, 0) is 0 Å². The lowest BCUT2D eigenvalue weighted by atomic mass is 10.1. The van der Waals surface area contributed by atoms with Crippen LogP contribution in [-0.4, -0.2) is 25.6 Å². The summed E-state index contributed by atoms with van der Waals surface area (Å²) in [7, 11) is 0. The van der Waals surface area contributed by atoms with E-state index in [1.165, 1.54) is 12.1 Å². The average Bonchev–Trinajstić information content (AvgIpc) is 3.09. The molecule has 2 heterocycles. The number of rotatable bonds is 3. The summed E-state index contributed by atoms with van der Waals surface area (Å²) in [4.78, 5) is 12.8. The molecule has 2 N–H and O–H groups in total. The minimum atomic E-state index is -0.447. The molecule has 0 aliphatic carbocycles. The SMILES string of the molecule is Cc1cccc(O)c1NC(=O)c1cccn2c(-c3ccccc3F)nnc12. The number of hydrogen-bond acceptors (Lipinski definition) is 4. The number of anilines is 1. The van der Waals surface area contributed by atoms with Crippen molar-refractivity contribution in [3.05, 3.63) is 77.7 Å². The number of para-hydroxylation sites is 1. The molecule has 0 spiro atoms. The second kappa shape index (κ2) is 6.53. The molecule has 1 amide bonds. The van der Waals surface area contributed by atoms with Gasteiger partial charge in [0, 0.05) is 6.20 Å². The number of amides is 1. The molecule has 4 aromatic rings. The molecule has 0 saturated heterocycles. The van der Waals surface area contributed by atoms with Gasteiger partial charge in [-0.3, -0.25) is 9.20 Å². The highest BCUT2D eigenvalue weighted by Gasteiger charge is 2.18. The van der Waals surface area contributed by atoms with E-state index in [4.69, 9.17) is 0 Å². The molecule has 0 saturated carbocycles. The number of halogens is 1. The number of pyridine rings is 1. The molecule has 27 heavy (non-hydrogen) atoms. The van der Waals surface area contributed by atoms with Crippen LogP contribution >= 0.6 is 0 Å². The molecule has 6 nitrogen and oxygen atoms in total. The Bertz CT molecular complexity index is 1150. The van der Waals surface area contributed by atoms with E-state index in [1.54, 1.807) is 60.0 Å². The molecule has 2 aromatic heterocycles. The minimum absolute atomic E-state index is 0.0242. The summed E-state index contributed by atoms with van der Waals surface area (Å²) in [5, 5.41) is 20.8. The maximum absolute atomic E-state index is 14.1. The number of nitrogens with one attached hydrogen (secondary N) is 1. The second-order valence-electron chi connectivity index (χ2n) is 6.04. The van der Waals surface area contributed by atoms with Gasteiger partial charge in [-0.2, -0.15) is 0 Å². The molecule has 0 aliphatic rings. The van der Waals surface area contributed by atoms with Crippen LogP contribution in [0.15, 0.2) is 60.8 Å². The molecule has 7 heteroatoms. The normalized spacial score (nSPS) is 10.9. The second-order valence-corrected chi connectivity index (χ2v) is 6.04. The number of aryl methyl sites for hydroxylation is 1. The summed E-state index contributed by atoms with van der Waals surface area (Å²) < 4.78 is 15.7. The number of aromatic hydroxyl groups is 1. The van der Waals surface area contributed by atoms with Crippen LogP contribution in [0, 0.1) is 12.7 Å². The topological polar surface area (TPSA) is 79.5 Å². The zero-order chi connectivity index (χ0) is 19.0. The molecule has 4 rings (SSSR count). The summed E-state index contributed by atoms with van der Waals surface area (Å²) in [5.41, 5.74) is 1.90. The monoisotopic (exact) mass is 362 g/mol. The smallest absolute Gasteiger partial charge is 0.259 e. The lowest BCUT2D eigenvalue weighted by Crippen LogP contribution is -2.14. The maximum atomic E-state index is 14.1. The molecule has 2 aromatic carbocycles. The van der Waals surface area contributed by atoms with Crippen molar-refractivity contribution in [2.45, 2.75) is 6.92 Å². The Morgan fingerprint density at radius 2 is 1.89 bits per heavy atom. The van der Waals surface area contributed by atoms with Gasteiger partial charge in [0.05, 0.1) is 16.8 Å². The van der Waals surface area contributed by atoms with Crippen LogP contribution < -0.4 is 5.32 Å². The summed E-state index contributed by atoms with van der Waals surface area (Å²) in [6, 6.07) is 14.5. The summed E-state index contributed by atoms with van der Waals surface area (Å²) in [6.45, 7) is 1.78. The van der Waals surface area contributed by atoms with Gasteiger partial charge in [-0.05, 0) is 42.8 Å². The molecule has 0 aliphatic heterocycles. The molecule has 0 bridgehead atoms. The molecule has 0 atom stereocenters. The van der Waals surface area contributed by atoms with Crippen molar-refractivity contribution in [1.82, 2.24) is 14.6 Å². The van der Waals surface area contributed by atoms with E-state index in [2.05, 4.69) is 15.5 Å². The Kier molecular flexibility index (Phi) is 4.04. The molecule has 0 radical (unpaired) electrons. The molecular weight excluding hydrogens is 347 g/mol. The summed E-state index contributed by atoms with van der Waals surface area (Å²) >= 11 is 0. The number of benzene rings is 2. The highest BCUT2D eigenvalue weighted by atomic mass is 19.1. The van der Waals surface area contributed by atoms with Crippen molar-refractivity contribution in [1.29, 1.82) is 0 Å². The quantitative estimate of drug-likeness (QED) is 0.543. The van der Waals surface area contributed by atoms with Crippen molar-refractivity contribution in [2.24, 2.45) is 0 Å². The predicted molar refractivity (Wildman–Crippen MR) is 99.2 cm³/mol. The number of fused-ring (bicyclic) bond motifs is 1. The number of carbonyl (C=O) groups is 1. The van der Waals surface area contributed by atoms with Gasteiger partial charge in [-0.25, -0.2) is 4.39 Å². The number of phenols is 1. The van der Waals surface area contributed by atoms with E-state index in [0.717, 1.165) is 5.56 Å². The van der Waals surface area contributed by atoms with Crippen molar-refractivity contribution in [3.63, 3.8) is 0 Å². The largest absolute Gasteiger partial charge is 0.506 e.